The summed E-state index contributed by atoms with van der Waals surface area (Å²) in [4.78, 5) is 24.7. The smallest absolute Gasteiger partial charge is 0.326 e. The Labute approximate surface area is 120 Å². The molecule has 6 nitrogen and oxygen atoms in total. The highest BCUT2D eigenvalue weighted by molar-refractivity contribution is 5.98. The van der Waals surface area contributed by atoms with Crippen LogP contribution in [0.4, 0.5) is 0 Å². The summed E-state index contributed by atoms with van der Waals surface area (Å²) in [5.74, 6) is -1.53. The Bertz CT molecular complexity index is 720. The molecule has 1 saturated heterocycles. The lowest BCUT2D eigenvalue weighted by atomic mass is 10.2. The number of aliphatic hydroxyl groups excluding tert-OH is 1. The summed E-state index contributed by atoms with van der Waals surface area (Å²) in [6.07, 6.45) is -0.776. The lowest BCUT2D eigenvalue weighted by molar-refractivity contribution is -0.141. The van der Waals surface area contributed by atoms with Crippen molar-refractivity contribution in [3.63, 3.8) is 0 Å². The lowest BCUT2D eigenvalue weighted by Gasteiger charge is -2.19. The molecule has 1 aliphatic heterocycles. The van der Waals surface area contributed by atoms with E-state index in [1.807, 2.05) is 19.1 Å². The van der Waals surface area contributed by atoms with E-state index in [2.05, 4.69) is 0 Å². The van der Waals surface area contributed by atoms with Crippen LogP contribution in [0.5, 0.6) is 0 Å². The molecule has 2 N–H and O–H groups in total. The fraction of sp³-hybridized carbons (Fsp3) is 0.333. The van der Waals surface area contributed by atoms with E-state index >= 15 is 0 Å². The molecule has 110 valence electrons. The second-order valence-corrected chi connectivity index (χ2v) is 5.35. The summed E-state index contributed by atoms with van der Waals surface area (Å²) in [7, 11) is 0. The van der Waals surface area contributed by atoms with E-state index in [0.29, 0.717) is 5.58 Å². The minimum atomic E-state index is -1.12. The first-order chi connectivity index (χ1) is 9.95. The molecule has 1 fully saturated rings. The Hall–Kier alpha value is -2.34. The first-order valence-electron chi connectivity index (χ1n) is 6.68. The maximum atomic E-state index is 12.4. The number of carbonyl (C=O) groups excluding carboxylic acids is 1. The van der Waals surface area contributed by atoms with Gasteiger partial charge in [0.15, 0.2) is 5.76 Å². The molecule has 1 aromatic carbocycles. The molecule has 0 aliphatic carbocycles. The topological polar surface area (TPSA) is 91.0 Å². The number of furan rings is 1. The standard InChI is InChI=1S/C15H15NO5/c1-8-2-3-12-9(4-8)5-13(21-12)14(18)16-7-10(17)6-11(16)15(19)20/h2-5,10-11,17H,6-7H2,1H3,(H,19,20)/t10-,11+/m1/s1. The number of aliphatic hydroxyl groups is 1. The Morgan fingerprint density at radius 3 is 2.81 bits per heavy atom. The molecular formula is C15H15NO5. The number of amides is 1. The van der Waals surface area contributed by atoms with Crippen LogP contribution in [0.3, 0.4) is 0 Å². The lowest BCUT2D eigenvalue weighted by Crippen LogP contribution is -2.40. The molecule has 0 spiro atoms. The zero-order valence-electron chi connectivity index (χ0n) is 11.4. The molecule has 3 rings (SSSR count). The van der Waals surface area contributed by atoms with Crippen LogP contribution >= 0.6 is 0 Å². The molecule has 0 bridgehead atoms. The predicted octanol–water partition coefficient (Wildman–Crippen LogP) is 1.40. The van der Waals surface area contributed by atoms with Gasteiger partial charge >= 0.3 is 5.97 Å². The average molecular weight is 289 g/mol. The highest BCUT2D eigenvalue weighted by Gasteiger charge is 2.40. The van der Waals surface area contributed by atoms with Crippen LogP contribution in [-0.2, 0) is 4.79 Å². The Kier molecular flexibility index (Phi) is 3.17. The van der Waals surface area contributed by atoms with Gasteiger partial charge in [0, 0.05) is 18.4 Å². The summed E-state index contributed by atoms with van der Waals surface area (Å²) in [6.45, 7) is 1.94. The maximum absolute atomic E-state index is 12.4. The average Bonchev–Trinajstić information content (AvgIpc) is 3.00. The van der Waals surface area contributed by atoms with E-state index in [-0.39, 0.29) is 18.7 Å². The van der Waals surface area contributed by atoms with Crippen LogP contribution in [0.2, 0.25) is 0 Å². The minimum Gasteiger partial charge on any atom is -0.480 e. The van der Waals surface area contributed by atoms with Crippen molar-refractivity contribution in [3.05, 3.63) is 35.6 Å². The SMILES string of the molecule is Cc1ccc2oc(C(=O)N3C[C@H](O)C[C@H]3C(=O)O)cc2c1. The zero-order valence-corrected chi connectivity index (χ0v) is 11.4. The number of β-amino-alcohol motifs (C(OH)–C–C–N with tert-alkyl or cyclic N) is 1. The van der Waals surface area contributed by atoms with E-state index in [0.717, 1.165) is 15.8 Å². The normalized spacial score (nSPS) is 21.9. The molecule has 0 radical (unpaired) electrons. The van der Waals surface area contributed by atoms with E-state index in [9.17, 15) is 14.7 Å². The van der Waals surface area contributed by atoms with Crippen LogP contribution in [0, 0.1) is 6.92 Å². The summed E-state index contributed by atoms with van der Waals surface area (Å²) in [5, 5.41) is 19.5. The minimum absolute atomic E-state index is 0.00583. The highest BCUT2D eigenvalue weighted by atomic mass is 16.4. The van der Waals surface area contributed by atoms with Crippen LogP contribution in [0.1, 0.15) is 22.5 Å². The Morgan fingerprint density at radius 2 is 2.10 bits per heavy atom. The van der Waals surface area contributed by atoms with Gasteiger partial charge in [-0.25, -0.2) is 4.79 Å². The number of hydrogen-bond acceptors (Lipinski definition) is 4. The van der Waals surface area contributed by atoms with Crippen LogP contribution in [0.15, 0.2) is 28.7 Å². The molecule has 0 saturated carbocycles. The van der Waals surface area contributed by atoms with Crippen molar-refractivity contribution >= 4 is 22.8 Å². The van der Waals surface area contributed by atoms with Crippen molar-refractivity contribution in [1.29, 1.82) is 0 Å². The summed E-state index contributed by atoms with van der Waals surface area (Å²) < 4.78 is 5.49. The van der Waals surface area contributed by atoms with Crippen LogP contribution in [-0.4, -0.2) is 45.7 Å². The van der Waals surface area contributed by atoms with Gasteiger partial charge in [-0.3, -0.25) is 4.79 Å². The molecule has 2 atom stereocenters. The third-order valence-electron chi connectivity index (χ3n) is 3.71. The second kappa shape index (κ2) is 4.89. The zero-order chi connectivity index (χ0) is 15.1. The van der Waals surface area contributed by atoms with Crippen molar-refractivity contribution in [2.45, 2.75) is 25.5 Å². The fourth-order valence-corrected chi connectivity index (χ4v) is 2.68. The van der Waals surface area contributed by atoms with Gasteiger partial charge in [0.05, 0.1) is 6.10 Å². The first-order valence-corrected chi connectivity index (χ1v) is 6.68. The summed E-state index contributed by atoms with van der Waals surface area (Å²) >= 11 is 0. The number of rotatable bonds is 2. The highest BCUT2D eigenvalue weighted by Crippen LogP contribution is 2.25. The largest absolute Gasteiger partial charge is 0.480 e. The van der Waals surface area contributed by atoms with E-state index in [1.54, 1.807) is 12.1 Å². The number of hydrogen-bond donors (Lipinski definition) is 2. The molecule has 1 amide bonds. The van der Waals surface area contributed by atoms with Gasteiger partial charge in [0.25, 0.3) is 5.91 Å². The van der Waals surface area contributed by atoms with E-state index in [1.165, 1.54) is 0 Å². The van der Waals surface area contributed by atoms with Crippen molar-refractivity contribution in [2.24, 2.45) is 0 Å². The van der Waals surface area contributed by atoms with Gasteiger partial charge in [-0.2, -0.15) is 0 Å². The van der Waals surface area contributed by atoms with Crippen molar-refractivity contribution in [2.75, 3.05) is 6.54 Å². The van der Waals surface area contributed by atoms with Crippen molar-refractivity contribution < 1.29 is 24.2 Å². The molecular weight excluding hydrogens is 274 g/mol. The quantitative estimate of drug-likeness (QED) is 0.872. The maximum Gasteiger partial charge on any atom is 0.326 e. The second-order valence-electron chi connectivity index (χ2n) is 5.35. The van der Waals surface area contributed by atoms with Gasteiger partial charge in [-0.15, -0.1) is 0 Å². The molecule has 6 heteroatoms. The number of nitrogens with zero attached hydrogens (tertiary/aromatic N) is 1. The van der Waals surface area contributed by atoms with Crippen molar-refractivity contribution in [3.8, 4) is 0 Å². The number of likely N-dealkylation sites (tertiary alicyclic amines) is 1. The Balaban J connectivity index is 1.94. The number of fused-ring (bicyclic) bond motifs is 1. The Morgan fingerprint density at radius 1 is 1.33 bits per heavy atom. The van der Waals surface area contributed by atoms with E-state index in [4.69, 9.17) is 9.52 Å². The molecule has 1 aliphatic rings. The summed E-state index contributed by atoms with van der Waals surface area (Å²) in [5.41, 5.74) is 1.62. The predicted molar refractivity (Wildman–Crippen MR) is 74.0 cm³/mol. The third kappa shape index (κ3) is 2.38. The van der Waals surface area contributed by atoms with Crippen LogP contribution < -0.4 is 0 Å². The van der Waals surface area contributed by atoms with Gasteiger partial charge < -0.3 is 19.5 Å². The van der Waals surface area contributed by atoms with Crippen LogP contribution in [0.25, 0.3) is 11.0 Å². The van der Waals surface area contributed by atoms with Gasteiger partial charge in [-0.1, -0.05) is 11.6 Å². The first kappa shape index (κ1) is 13.6. The fourth-order valence-electron chi connectivity index (χ4n) is 2.68. The van der Waals surface area contributed by atoms with Gasteiger partial charge in [-0.05, 0) is 25.1 Å². The number of carboxylic acid groups (broad SMARTS) is 1. The molecule has 1 aromatic heterocycles. The van der Waals surface area contributed by atoms with Gasteiger partial charge in [0.1, 0.15) is 11.6 Å². The number of benzene rings is 1. The number of carboxylic acids is 1. The van der Waals surface area contributed by atoms with Crippen molar-refractivity contribution in [1.82, 2.24) is 4.90 Å². The number of carbonyl (C=O) groups is 2. The molecule has 0 unspecified atom stereocenters. The summed E-state index contributed by atoms with van der Waals surface area (Å²) in [6, 6.07) is 6.13. The van der Waals surface area contributed by atoms with Gasteiger partial charge in [0.2, 0.25) is 0 Å². The monoisotopic (exact) mass is 289 g/mol. The third-order valence-corrected chi connectivity index (χ3v) is 3.71. The molecule has 2 heterocycles. The van der Waals surface area contributed by atoms with E-state index < -0.39 is 24.0 Å². The number of aliphatic carboxylic acids is 1. The number of aryl methyl sites for hydroxylation is 1. The molecule has 21 heavy (non-hydrogen) atoms. The molecule has 2 aromatic rings.